The van der Waals surface area contributed by atoms with Gasteiger partial charge in [0.1, 0.15) is 0 Å². The van der Waals surface area contributed by atoms with E-state index >= 15 is 0 Å². The molecule has 1 aromatic heterocycles. The van der Waals surface area contributed by atoms with Crippen LogP contribution in [0.3, 0.4) is 0 Å². The molecule has 1 saturated heterocycles. The van der Waals surface area contributed by atoms with Crippen LogP contribution in [-0.4, -0.2) is 60.0 Å². The van der Waals surface area contributed by atoms with Crippen LogP contribution in [-0.2, 0) is 0 Å². The second-order valence-corrected chi connectivity index (χ2v) is 4.99. The van der Waals surface area contributed by atoms with Gasteiger partial charge in [-0.05, 0) is 32.0 Å². The zero-order chi connectivity index (χ0) is 14.4. The highest BCUT2D eigenvalue weighted by atomic mass is 19.1. The molecule has 0 unspecified atom stereocenters. The number of carbonyl (C=O) groups is 1. The molecule has 0 atom stereocenters. The number of carbonyl (C=O) groups excluding carboxylic acids is 1. The first-order valence-corrected chi connectivity index (χ1v) is 7.03. The number of rotatable bonds is 5. The highest BCUT2D eigenvalue weighted by molar-refractivity contribution is 5.94. The molecule has 1 amide bonds. The molecule has 0 spiro atoms. The zero-order valence-corrected chi connectivity index (χ0v) is 11.6. The molecule has 5 nitrogen and oxygen atoms in total. The number of nitrogens with two attached hydrogens (primary N) is 1. The Morgan fingerprint density at radius 1 is 1.30 bits per heavy atom. The fourth-order valence-electron chi connectivity index (χ4n) is 2.37. The third kappa shape index (κ3) is 3.74. The van der Waals surface area contributed by atoms with Gasteiger partial charge in [0.25, 0.3) is 5.91 Å². The zero-order valence-electron chi connectivity index (χ0n) is 11.6. The number of amides is 1. The second kappa shape index (κ2) is 7.31. The van der Waals surface area contributed by atoms with E-state index in [1.807, 2.05) is 0 Å². The highest BCUT2D eigenvalue weighted by Gasteiger charge is 2.23. The predicted octanol–water partition coefficient (Wildman–Crippen LogP) is 0.717. The quantitative estimate of drug-likeness (QED) is 0.807. The van der Waals surface area contributed by atoms with E-state index < -0.39 is 5.82 Å². The smallest absolute Gasteiger partial charge is 0.257 e. The normalized spacial score (nSPS) is 16.4. The van der Waals surface area contributed by atoms with Gasteiger partial charge in [-0.25, -0.2) is 4.39 Å². The van der Waals surface area contributed by atoms with Crippen molar-refractivity contribution >= 4 is 5.91 Å². The van der Waals surface area contributed by atoms with Crippen molar-refractivity contribution in [2.45, 2.75) is 12.8 Å². The maximum Gasteiger partial charge on any atom is 0.257 e. The lowest BCUT2D eigenvalue weighted by Crippen LogP contribution is -2.49. The summed E-state index contributed by atoms with van der Waals surface area (Å²) < 4.78 is 13.5. The molecule has 0 aliphatic carbocycles. The number of piperazine rings is 1. The summed E-state index contributed by atoms with van der Waals surface area (Å²) in [6, 6.07) is 1.44. The van der Waals surface area contributed by atoms with Gasteiger partial charge in [0, 0.05) is 32.4 Å². The van der Waals surface area contributed by atoms with Crippen LogP contribution in [0.4, 0.5) is 4.39 Å². The van der Waals surface area contributed by atoms with Gasteiger partial charge in [0.05, 0.1) is 11.8 Å². The van der Waals surface area contributed by atoms with Crippen molar-refractivity contribution in [2.75, 3.05) is 39.3 Å². The molecule has 6 heteroatoms. The van der Waals surface area contributed by atoms with Crippen LogP contribution in [0.5, 0.6) is 0 Å². The monoisotopic (exact) mass is 280 g/mol. The predicted molar refractivity (Wildman–Crippen MR) is 74.8 cm³/mol. The highest BCUT2D eigenvalue weighted by Crippen LogP contribution is 2.11. The van der Waals surface area contributed by atoms with Crippen LogP contribution in [0.2, 0.25) is 0 Å². The first kappa shape index (κ1) is 14.9. The molecule has 0 bridgehead atoms. The Morgan fingerprint density at radius 2 is 2.05 bits per heavy atom. The van der Waals surface area contributed by atoms with Gasteiger partial charge in [-0.1, -0.05) is 0 Å². The van der Waals surface area contributed by atoms with Crippen LogP contribution < -0.4 is 5.73 Å². The Balaban J connectivity index is 1.85. The Bertz CT molecular complexity index is 447. The summed E-state index contributed by atoms with van der Waals surface area (Å²) in [7, 11) is 0. The van der Waals surface area contributed by atoms with E-state index in [4.69, 9.17) is 5.73 Å². The van der Waals surface area contributed by atoms with Gasteiger partial charge >= 0.3 is 0 Å². The first-order valence-electron chi connectivity index (χ1n) is 7.03. The lowest BCUT2D eigenvalue weighted by Gasteiger charge is -2.34. The molecule has 1 aliphatic rings. The average molecular weight is 280 g/mol. The third-order valence-corrected chi connectivity index (χ3v) is 3.59. The molecule has 0 radical (unpaired) electrons. The molecule has 110 valence electrons. The Kier molecular flexibility index (Phi) is 5.43. The number of halogens is 1. The van der Waals surface area contributed by atoms with E-state index in [9.17, 15) is 9.18 Å². The molecular weight excluding hydrogens is 259 g/mol. The van der Waals surface area contributed by atoms with Gasteiger partial charge in [-0.2, -0.15) is 0 Å². The van der Waals surface area contributed by atoms with Gasteiger partial charge in [-0.3, -0.25) is 14.7 Å². The van der Waals surface area contributed by atoms with Crippen molar-refractivity contribution in [2.24, 2.45) is 5.73 Å². The van der Waals surface area contributed by atoms with Crippen molar-refractivity contribution in [1.82, 2.24) is 14.8 Å². The van der Waals surface area contributed by atoms with E-state index in [-0.39, 0.29) is 11.5 Å². The van der Waals surface area contributed by atoms with Crippen LogP contribution in [0.15, 0.2) is 18.5 Å². The molecule has 20 heavy (non-hydrogen) atoms. The van der Waals surface area contributed by atoms with Crippen molar-refractivity contribution in [3.8, 4) is 0 Å². The minimum Gasteiger partial charge on any atom is -0.336 e. The van der Waals surface area contributed by atoms with E-state index in [2.05, 4.69) is 9.88 Å². The fraction of sp³-hybridized carbons (Fsp3) is 0.571. The van der Waals surface area contributed by atoms with E-state index in [1.54, 1.807) is 4.90 Å². The maximum atomic E-state index is 13.5. The lowest BCUT2D eigenvalue weighted by atomic mass is 10.2. The summed E-state index contributed by atoms with van der Waals surface area (Å²) in [6.45, 7) is 4.70. The molecule has 2 heterocycles. The van der Waals surface area contributed by atoms with Crippen molar-refractivity contribution < 1.29 is 9.18 Å². The third-order valence-electron chi connectivity index (χ3n) is 3.59. The molecule has 2 rings (SSSR count). The van der Waals surface area contributed by atoms with Gasteiger partial charge < -0.3 is 10.6 Å². The van der Waals surface area contributed by atoms with Crippen LogP contribution in [0.25, 0.3) is 0 Å². The van der Waals surface area contributed by atoms with Crippen molar-refractivity contribution in [3.63, 3.8) is 0 Å². The largest absolute Gasteiger partial charge is 0.336 e. The van der Waals surface area contributed by atoms with Crippen LogP contribution in [0, 0.1) is 5.82 Å². The molecule has 1 aromatic rings. The molecule has 0 saturated carbocycles. The Labute approximate surface area is 118 Å². The number of hydrogen-bond donors (Lipinski definition) is 1. The van der Waals surface area contributed by atoms with Crippen molar-refractivity contribution in [1.29, 1.82) is 0 Å². The molecule has 2 N–H and O–H groups in total. The molecule has 0 aromatic carbocycles. The van der Waals surface area contributed by atoms with Crippen LogP contribution in [0.1, 0.15) is 23.2 Å². The SMILES string of the molecule is NCCCCN1CCN(C(=O)c2ccncc2F)CC1. The minimum atomic E-state index is -0.553. The number of nitrogens with zero attached hydrogens (tertiary/aromatic N) is 3. The fourth-order valence-corrected chi connectivity index (χ4v) is 2.37. The standard InChI is InChI=1S/C14H21FN4O/c15-13-11-17-5-3-12(13)14(20)19-9-7-18(8-10-19)6-2-1-4-16/h3,5,11H,1-2,4,6-10,16H2. The van der Waals surface area contributed by atoms with Crippen LogP contribution >= 0.6 is 0 Å². The number of aromatic nitrogens is 1. The van der Waals surface area contributed by atoms with E-state index in [0.717, 1.165) is 45.2 Å². The van der Waals surface area contributed by atoms with Gasteiger partial charge in [-0.15, -0.1) is 0 Å². The average Bonchev–Trinajstić information content (AvgIpc) is 2.48. The van der Waals surface area contributed by atoms with E-state index in [0.29, 0.717) is 13.1 Å². The summed E-state index contributed by atoms with van der Waals surface area (Å²) >= 11 is 0. The van der Waals surface area contributed by atoms with Gasteiger partial charge in [0.15, 0.2) is 5.82 Å². The van der Waals surface area contributed by atoms with Crippen molar-refractivity contribution in [3.05, 3.63) is 29.8 Å². The topological polar surface area (TPSA) is 62.5 Å². The Morgan fingerprint density at radius 3 is 2.70 bits per heavy atom. The lowest BCUT2D eigenvalue weighted by molar-refractivity contribution is 0.0631. The summed E-state index contributed by atoms with van der Waals surface area (Å²) in [5, 5.41) is 0. The summed E-state index contributed by atoms with van der Waals surface area (Å²) in [5.41, 5.74) is 5.58. The molecular formula is C14H21FN4O. The second-order valence-electron chi connectivity index (χ2n) is 4.99. The maximum absolute atomic E-state index is 13.5. The summed E-state index contributed by atoms with van der Waals surface area (Å²) in [4.78, 5) is 19.9. The summed E-state index contributed by atoms with van der Waals surface area (Å²) in [6.07, 6.45) is 4.64. The summed E-state index contributed by atoms with van der Waals surface area (Å²) in [5.74, 6) is -0.797. The molecule has 1 aliphatic heterocycles. The van der Waals surface area contributed by atoms with Gasteiger partial charge in [0.2, 0.25) is 0 Å². The van der Waals surface area contributed by atoms with E-state index in [1.165, 1.54) is 12.3 Å². The number of unbranched alkanes of at least 4 members (excludes halogenated alkanes) is 1. The Hall–Kier alpha value is -1.53. The number of pyridine rings is 1. The minimum absolute atomic E-state index is 0.108. The first-order chi connectivity index (χ1) is 9.72. The molecule has 1 fully saturated rings. The number of hydrogen-bond acceptors (Lipinski definition) is 4.